The van der Waals surface area contributed by atoms with Gasteiger partial charge in [-0.15, -0.1) is 0 Å². The molecule has 1 saturated carbocycles. The Morgan fingerprint density at radius 1 is 1.18 bits per heavy atom. The number of rotatable bonds is 1. The molecular formula is C17H26. The Bertz CT molecular complexity index is 358. The first-order valence-electron chi connectivity index (χ1n) is 7.72. The molecule has 0 N–H and O–H groups in total. The van der Waals surface area contributed by atoms with E-state index in [2.05, 4.69) is 19.9 Å². The molecule has 94 valence electrons. The topological polar surface area (TPSA) is 0 Å². The third kappa shape index (κ3) is 1.90. The molecule has 1 fully saturated rings. The van der Waals surface area contributed by atoms with Crippen LogP contribution in [0.3, 0.4) is 0 Å². The van der Waals surface area contributed by atoms with Crippen LogP contribution in [0.1, 0.15) is 65.2 Å². The van der Waals surface area contributed by atoms with Gasteiger partial charge in [0.2, 0.25) is 0 Å². The Balaban J connectivity index is 1.96. The minimum atomic E-state index is 0.953. The van der Waals surface area contributed by atoms with Gasteiger partial charge in [0.1, 0.15) is 0 Å². The second kappa shape index (κ2) is 4.63. The fourth-order valence-corrected chi connectivity index (χ4v) is 4.66. The molecule has 0 saturated heterocycles. The average Bonchev–Trinajstić information content (AvgIpc) is 2.38. The van der Waals surface area contributed by atoms with E-state index in [1.165, 1.54) is 51.4 Å². The van der Waals surface area contributed by atoms with E-state index in [1.807, 2.05) is 11.1 Å². The zero-order chi connectivity index (χ0) is 11.8. The van der Waals surface area contributed by atoms with Gasteiger partial charge in [0.25, 0.3) is 0 Å². The van der Waals surface area contributed by atoms with Gasteiger partial charge in [-0.2, -0.15) is 0 Å². The molecule has 0 aliphatic heterocycles. The summed E-state index contributed by atoms with van der Waals surface area (Å²) >= 11 is 0. The first-order valence-corrected chi connectivity index (χ1v) is 7.72. The fourth-order valence-electron chi connectivity index (χ4n) is 4.66. The van der Waals surface area contributed by atoms with Crippen molar-refractivity contribution in [3.05, 3.63) is 22.8 Å². The van der Waals surface area contributed by atoms with Crippen LogP contribution in [-0.4, -0.2) is 0 Å². The van der Waals surface area contributed by atoms with Gasteiger partial charge in [0, 0.05) is 0 Å². The number of hydrogen-bond acceptors (Lipinski definition) is 0. The average molecular weight is 230 g/mol. The Morgan fingerprint density at radius 3 is 2.88 bits per heavy atom. The summed E-state index contributed by atoms with van der Waals surface area (Å²) in [5.74, 6) is 2.90. The summed E-state index contributed by atoms with van der Waals surface area (Å²) in [4.78, 5) is 0. The lowest BCUT2D eigenvalue weighted by Gasteiger charge is -2.43. The lowest BCUT2D eigenvalue weighted by molar-refractivity contribution is 0.194. The quantitative estimate of drug-likeness (QED) is 0.576. The van der Waals surface area contributed by atoms with Gasteiger partial charge in [-0.3, -0.25) is 0 Å². The molecule has 0 heteroatoms. The van der Waals surface area contributed by atoms with Crippen LogP contribution in [0, 0.1) is 17.8 Å². The molecule has 0 aromatic heterocycles. The van der Waals surface area contributed by atoms with Gasteiger partial charge in [-0.1, -0.05) is 31.9 Å². The van der Waals surface area contributed by atoms with Crippen LogP contribution in [0.4, 0.5) is 0 Å². The maximum atomic E-state index is 2.54. The lowest BCUT2D eigenvalue weighted by Crippen LogP contribution is -2.31. The summed E-state index contributed by atoms with van der Waals surface area (Å²) < 4.78 is 0. The van der Waals surface area contributed by atoms with Gasteiger partial charge in [-0.05, 0) is 73.8 Å². The number of hydrogen-bond donors (Lipinski definition) is 0. The van der Waals surface area contributed by atoms with E-state index in [0.29, 0.717) is 0 Å². The zero-order valence-corrected chi connectivity index (χ0v) is 11.5. The van der Waals surface area contributed by atoms with E-state index in [0.717, 1.165) is 17.8 Å². The molecule has 17 heavy (non-hydrogen) atoms. The standard InChI is InChI=1S/C17H26/c1-3-14-12(2)8-10-17-15-7-5-4-6-13(15)9-11-16(14)17/h6,12,14,16H,3-5,7-11H2,1-2H3/t12-,14+,16-/m0/s1. The van der Waals surface area contributed by atoms with Crippen molar-refractivity contribution in [1.82, 2.24) is 0 Å². The summed E-state index contributed by atoms with van der Waals surface area (Å²) in [6, 6.07) is 0. The van der Waals surface area contributed by atoms with Crippen LogP contribution in [0.15, 0.2) is 22.8 Å². The molecule has 3 rings (SSSR count). The van der Waals surface area contributed by atoms with Crippen molar-refractivity contribution >= 4 is 0 Å². The van der Waals surface area contributed by atoms with E-state index >= 15 is 0 Å². The molecule has 3 aliphatic carbocycles. The highest BCUT2D eigenvalue weighted by molar-refractivity contribution is 5.42. The predicted octanol–water partition coefficient (Wildman–Crippen LogP) is 5.26. The molecule has 0 radical (unpaired) electrons. The van der Waals surface area contributed by atoms with Crippen molar-refractivity contribution < 1.29 is 0 Å². The molecule has 0 heterocycles. The Morgan fingerprint density at radius 2 is 2.06 bits per heavy atom. The minimum absolute atomic E-state index is 0.953. The van der Waals surface area contributed by atoms with Crippen LogP contribution in [0.5, 0.6) is 0 Å². The van der Waals surface area contributed by atoms with Crippen molar-refractivity contribution in [3.63, 3.8) is 0 Å². The molecule has 0 amide bonds. The second-order valence-corrected chi connectivity index (χ2v) is 6.36. The molecule has 0 bridgehead atoms. The largest absolute Gasteiger partial charge is 0.0810 e. The van der Waals surface area contributed by atoms with Gasteiger partial charge >= 0.3 is 0 Å². The van der Waals surface area contributed by atoms with Crippen LogP contribution < -0.4 is 0 Å². The summed E-state index contributed by atoms with van der Waals surface area (Å²) in [5.41, 5.74) is 5.46. The molecule has 0 spiro atoms. The Labute approximate surface area is 106 Å². The fraction of sp³-hybridized carbons (Fsp3) is 0.765. The lowest BCUT2D eigenvalue weighted by atomic mass is 9.62. The second-order valence-electron chi connectivity index (χ2n) is 6.36. The molecule has 0 aromatic carbocycles. The van der Waals surface area contributed by atoms with Crippen LogP contribution in [0.2, 0.25) is 0 Å². The molecule has 0 nitrogen and oxygen atoms in total. The monoisotopic (exact) mass is 230 g/mol. The van der Waals surface area contributed by atoms with Crippen molar-refractivity contribution in [2.45, 2.75) is 65.2 Å². The summed E-state index contributed by atoms with van der Waals surface area (Å²) in [7, 11) is 0. The first kappa shape index (κ1) is 11.6. The SMILES string of the molecule is CC[C@H]1[C@@H]2CCC3=CCCCC3=C2CC[C@@H]1C. The number of fused-ring (bicyclic) bond motifs is 2. The highest BCUT2D eigenvalue weighted by Crippen LogP contribution is 2.50. The highest BCUT2D eigenvalue weighted by Gasteiger charge is 2.37. The molecule has 0 unspecified atom stereocenters. The van der Waals surface area contributed by atoms with Crippen LogP contribution in [-0.2, 0) is 0 Å². The van der Waals surface area contributed by atoms with Crippen LogP contribution >= 0.6 is 0 Å². The Hall–Kier alpha value is -0.520. The summed E-state index contributed by atoms with van der Waals surface area (Å²) in [6.45, 7) is 4.89. The summed E-state index contributed by atoms with van der Waals surface area (Å²) in [5, 5.41) is 0. The number of allylic oxidation sites excluding steroid dienone is 4. The molecule has 3 atom stereocenters. The van der Waals surface area contributed by atoms with Crippen molar-refractivity contribution in [2.24, 2.45) is 17.8 Å². The van der Waals surface area contributed by atoms with Crippen LogP contribution in [0.25, 0.3) is 0 Å². The first-order chi connectivity index (χ1) is 8.31. The molecular weight excluding hydrogens is 204 g/mol. The van der Waals surface area contributed by atoms with E-state index in [-0.39, 0.29) is 0 Å². The van der Waals surface area contributed by atoms with Crippen molar-refractivity contribution in [3.8, 4) is 0 Å². The predicted molar refractivity (Wildman–Crippen MR) is 73.9 cm³/mol. The van der Waals surface area contributed by atoms with E-state index in [1.54, 1.807) is 5.57 Å². The normalized spacial score (nSPS) is 37.3. The third-order valence-corrected chi connectivity index (χ3v) is 5.56. The van der Waals surface area contributed by atoms with Gasteiger partial charge < -0.3 is 0 Å². The van der Waals surface area contributed by atoms with Gasteiger partial charge in [-0.25, -0.2) is 0 Å². The van der Waals surface area contributed by atoms with Crippen molar-refractivity contribution in [2.75, 3.05) is 0 Å². The van der Waals surface area contributed by atoms with E-state index < -0.39 is 0 Å². The molecule has 0 aromatic rings. The maximum Gasteiger partial charge on any atom is -0.0163 e. The zero-order valence-electron chi connectivity index (χ0n) is 11.5. The summed E-state index contributed by atoms with van der Waals surface area (Å²) in [6.07, 6.45) is 13.8. The third-order valence-electron chi connectivity index (χ3n) is 5.56. The highest BCUT2D eigenvalue weighted by atomic mass is 14.4. The smallest absolute Gasteiger partial charge is 0.0163 e. The Kier molecular flexibility index (Phi) is 3.15. The molecule has 3 aliphatic rings. The van der Waals surface area contributed by atoms with Gasteiger partial charge in [0.05, 0.1) is 0 Å². The van der Waals surface area contributed by atoms with Crippen molar-refractivity contribution in [1.29, 1.82) is 0 Å². The minimum Gasteiger partial charge on any atom is -0.0810 e. The van der Waals surface area contributed by atoms with Gasteiger partial charge in [0.15, 0.2) is 0 Å². The van der Waals surface area contributed by atoms with E-state index in [4.69, 9.17) is 0 Å². The van der Waals surface area contributed by atoms with E-state index in [9.17, 15) is 0 Å². The maximum absolute atomic E-state index is 2.54.